The normalized spacial score (nSPS) is 16.2. The minimum atomic E-state index is -0.242. The highest BCUT2D eigenvalue weighted by Crippen LogP contribution is 2.23. The molecule has 38 heavy (non-hydrogen) atoms. The average Bonchev–Trinajstić information content (AvgIpc) is 3.49. The zero-order valence-corrected chi connectivity index (χ0v) is 21.2. The molecule has 0 bridgehead atoms. The van der Waals surface area contributed by atoms with Crippen LogP contribution in [0.4, 0.5) is 11.4 Å². The van der Waals surface area contributed by atoms with E-state index >= 15 is 0 Å². The topological polar surface area (TPSA) is 97.1 Å². The predicted molar refractivity (Wildman–Crippen MR) is 146 cm³/mol. The molecule has 0 saturated carbocycles. The molecule has 196 valence electrons. The zero-order chi connectivity index (χ0) is 26.3. The van der Waals surface area contributed by atoms with Crippen molar-refractivity contribution in [3.05, 3.63) is 108 Å². The van der Waals surface area contributed by atoms with Gasteiger partial charge in [-0.05, 0) is 41.8 Å². The smallest absolute Gasteiger partial charge is 0.255 e. The Hall–Kier alpha value is -4.30. The lowest BCUT2D eigenvalue weighted by molar-refractivity contribution is -0.132. The van der Waals surface area contributed by atoms with Crippen molar-refractivity contribution in [2.24, 2.45) is 0 Å². The molecule has 3 N–H and O–H groups in total. The Bertz CT molecular complexity index is 1290. The maximum absolute atomic E-state index is 13.0. The van der Waals surface area contributed by atoms with Gasteiger partial charge in [-0.1, -0.05) is 54.6 Å². The summed E-state index contributed by atoms with van der Waals surface area (Å²) in [7, 11) is 0. The van der Waals surface area contributed by atoms with Crippen molar-refractivity contribution in [3.8, 4) is 0 Å². The lowest BCUT2D eigenvalue weighted by Crippen LogP contribution is -2.53. The number of piperazine rings is 1. The molecule has 2 heterocycles. The van der Waals surface area contributed by atoms with Crippen molar-refractivity contribution in [3.63, 3.8) is 0 Å². The monoisotopic (exact) mass is 512 g/mol. The van der Waals surface area contributed by atoms with Gasteiger partial charge in [-0.3, -0.25) is 14.5 Å². The number of amides is 2. The van der Waals surface area contributed by atoms with Gasteiger partial charge in [-0.15, -0.1) is 0 Å². The number of ether oxygens (including phenoxy) is 2. The van der Waals surface area contributed by atoms with Crippen molar-refractivity contribution in [2.75, 3.05) is 44.0 Å². The molecule has 0 radical (unpaired) electrons. The Morgan fingerprint density at radius 3 is 2.26 bits per heavy atom. The second kappa shape index (κ2) is 11.8. The van der Waals surface area contributed by atoms with E-state index in [-0.39, 0.29) is 24.6 Å². The van der Waals surface area contributed by atoms with E-state index in [2.05, 4.69) is 22.3 Å². The van der Waals surface area contributed by atoms with E-state index < -0.39 is 0 Å². The number of nitrogens with one attached hydrogen (secondary N) is 1. The SMILES string of the molecule is Nc1ccccc1NC(=O)c1ccc(CC(=O)N2CCN(C(Cc3ccccc3)C3=COCO3)CC2)cc1. The first-order valence-electron chi connectivity index (χ1n) is 12.8. The van der Waals surface area contributed by atoms with Crippen molar-refractivity contribution in [1.82, 2.24) is 9.80 Å². The molecule has 0 spiro atoms. The van der Waals surface area contributed by atoms with Crippen LogP contribution in [0.1, 0.15) is 21.5 Å². The molecular weight excluding hydrogens is 480 g/mol. The summed E-state index contributed by atoms with van der Waals surface area (Å²) < 4.78 is 11.1. The Morgan fingerprint density at radius 1 is 0.868 bits per heavy atom. The Balaban J connectivity index is 1.15. The number of nitrogens with zero attached hydrogens (tertiary/aromatic N) is 2. The summed E-state index contributed by atoms with van der Waals surface area (Å²) in [5.74, 6) is 0.680. The van der Waals surface area contributed by atoms with Crippen LogP contribution in [0.3, 0.4) is 0 Å². The molecular formula is C30H32N4O4. The fourth-order valence-electron chi connectivity index (χ4n) is 4.82. The second-order valence-corrected chi connectivity index (χ2v) is 9.49. The number of nitrogen functional groups attached to an aromatic ring is 1. The molecule has 3 aromatic rings. The van der Waals surface area contributed by atoms with Gasteiger partial charge in [0, 0.05) is 31.7 Å². The Morgan fingerprint density at radius 2 is 1.58 bits per heavy atom. The molecule has 2 amide bonds. The van der Waals surface area contributed by atoms with Crippen LogP contribution >= 0.6 is 0 Å². The largest absolute Gasteiger partial charge is 0.462 e. The molecule has 8 nitrogen and oxygen atoms in total. The molecule has 1 saturated heterocycles. The van der Waals surface area contributed by atoms with Crippen LogP contribution in [-0.2, 0) is 27.1 Å². The number of benzene rings is 3. The summed E-state index contributed by atoms with van der Waals surface area (Å²) in [6.45, 7) is 3.06. The predicted octanol–water partition coefficient (Wildman–Crippen LogP) is 3.66. The van der Waals surface area contributed by atoms with E-state index in [1.54, 1.807) is 30.5 Å². The van der Waals surface area contributed by atoms with E-state index in [0.29, 0.717) is 36.4 Å². The number of hydrogen-bond donors (Lipinski definition) is 2. The van der Waals surface area contributed by atoms with Crippen LogP contribution in [-0.4, -0.2) is 60.6 Å². The van der Waals surface area contributed by atoms with Crippen molar-refractivity contribution in [2.45, 2.75) is 18.9 Å². The van der Waals surface area contributed by atoms with Crippen molar-refractivity contribution >= 4 is 23.2 Å². The number of para-hydroxylation sites is 2. The van der Waals surface area contributed by atoms with Gasteiger partial charge in [0.15, 0.2) is 5.76 Å². The highest BCUT2D eigenvalue weighted by Gasteiger charge is 2.31. The second-order valence-electron chi connectivity index (χ2n) is 9.49. The van der Waals surface area contributed by atoms with Crippen LogP contribution in [0.15, 0.2) is 90.9 Å². The summed E-state index contributed by atoms with van der Waals surface area (Å²) >= 11 is 0. The van der Waals surface area contributed by atoms with Gasteiger partial charge in [0.05, 0.1) is 23.8 Å². The van der Waals surface area contributed by atoms with E-state index in [1.807, 2.05) is 47.4 Å². The van der Waals surface area contributed by atoms with Crippen LogP contribution in [0.2, 0.25) is 0 Å². The van der Waals surface area contributed by atoms with E-state index in [0.717, 1.165) is 30.8 Å². The Kier molecular flexibility index (Phi) is 7.89. The third-order valence-corrected chi connectivity index (χ3v) is 6.98. The molecule has 5 rings (SSSR count). The highest BCUT2D eigenvalue weighted by atomic mass is 16.7. The van der Waals surface area contributed by atoms with E-state index in [4.69, 9.17) is 15.2 Å². The summed E-state index contributed by atoms with van der Waals surface area (Å²) in [5, 5.41) is 2.82. The highest BCUT2D eigenvalue weighted by molar-refractivity contribution is 6.05. The van der Waals surface area contributed by atoms with Gasteiger partial charge in [0.1, 0.15) is 6.26 Å². The van der Waals surface area contributed by atoms with E-state index in [9.17, 15) is 9.59 Å². The molecule has 0 aromatic heterocycles. The van der Waals surface area contributed by atoms with Gasteiger partial charge >= 0.3 is 0 Å². The fourth-order valence-corrected chi connectivity index (χ4v) is 4.82. The molecule has 1 atom stereocenters. The molecule has 2 aliphatic heterocycles. The summed E-state index contributed by atoms with van der Waals surface area (Å²) in [4.78, 5) is 29.9. The minimum Gasteiger partial charge on any atom is -0.462 e. The lowest BCUT2D eigenvalue weighted by Gasteiger charge is -2.39. The first kappa shape index (κ1) is 25.4. The van der Waals surface area contributed by atoms with Crippen molar-refractivity contribution < 1.29 is 19.1 Å². The van der Waals surface area contributed by atoms with Crippen LogP contribution in [0, 0.1) is 0 Å². The van der Waals surface area contributed by atoms with Gasteiger partial charge in [0.2, 0.25) is 12.7 Å². The number of nitrogens with two attached hydrogens (primary N) is 1. The van der Waals surface area contributed by atoms with Crippen molar-refractivity contribution in [1.29, 1.82) is 0 Å². The first-order chi connectivity index (χ1) is 18.6. The van der Waals surface area contributed by atoms with Crippen LogP contribution in [0.25, 0.3) is 0 Å². The van der Waals surface area contributed by atoms with Gasteiger partial charge in [-0.2, -0.15) is 0 Å². The lowest BCUT2D eigenvalue weighted by atomic mass is 10.0. The van der Waals surface area contributed by atoms with Gasteiger partial charge < -0.3 is 25.4 Å². The Labute approximate surface area is 222 Å². The summed E-state index contributed by atoms with van der Waals surface area (Å²) in [6.07, 6.45) is 2.83. The molecule has 8 heteroatoms. The van der Waals surface area contributed by atoms with Crippen LogP contribution < -0.4 is 11.1 Å². The maximum atomic E-state index is 13.0. The van der Waals surface area contributed by atoms with Crippen LogP contribution in [0.5, 0.6) is 0 Å². The molecule has 1 fully saturated rings. The van der Waals surface area contributed by atoms with Gasteiger partial charge in [0.25, 0.3) is 5.91 Å². The summed E-state index contributed by atoms with van der Waals surface area (Å²) in [6, 6.07) is 24.7. The number of hydrogen-bond acceptors (Lipinski definition) is 6. The van der Waals surface area contributed by atoms with E-state index in [1.165, 1.54) is 5.56 Å². The van der Waals surface area contributed by atoms with Gasteiger partial charge in [-0.25, -0.2) is 0 Å². The molecule has 2 aliphatic rings. The first-order valence-corrected chi connectivity index (χ1v) is 12.8. The number of carbonyl (C=O) groups is 2. The third-order valence-electron chi connectivity index (χ3n) is 6.98. The molecule has 1 unspecified atom stereocenters. The maximum Gasteiger partial charge on any atom is 0.255 e. The minimum absolute atomic E-state index is 0.0714. The molecule has 3 aromatic carbocycles. The summed E-state index contributed by atoms with van der Waals surface area (Å²) in [5.41, 5.74) is 9.61. The standard InChI is InChI=1S/C30H32N4O4/c31-25-8-4-5-9-26(25)32-30(36)24-12-10-23(11-13-24)19-29(35)34-16-14-33(15-17-34)27(28-20-37-21-38-28)18-22-6-2-1-3-7-22/h1-13,20,27H,14-19,21,31H2,(H,32,36). The molecule has 0 aliphatic carbocycles. The average molecular weight is 513 g/mol. The fraction of sp³-hybridized carbons (Fsp3) is 0.267. The third kappa shape index (κ3) is 6.15. The number of carbonyl (C=O) groups excluding carboxylic acids is 2. The zero-order valence-electron chi connectivity index (χ0n) is 21.2. The number of rotatable bonds is 8. The number of anilines is 2. The quantitative estimate of drug-likeness (QED) is 0.447.